The summed E-state index contributed by atoms with van der Waals surface area (Å²) < 4.78 is 1.69. The van der Waals surface area contributed by atoms with E-state index in [9.17, 15) is 9.59 Å². The Kier molecular flexibility index (Phi) is 4.57. The Morgan fingerprint density at radius 3 is 2.95 bits per heavy atom. The van der Waals surface area contributed by atoms with Crippen LogP contribution in [0.5, 0.6) is 0 Å². The van der Waals surface area contributed by atoms with Crippen LogP contribution in [0.4, 0.5) is 0 Å². The highest BCUT2D eigenvalue weighted by Crippen LogP contribution is 2.36. The molecule has 0 bridgehead atoms. The summed E-state index contributed by atoms with van der Waals surface area (Å²) in [6.45, 7) is 0. The van der Waals surface area contributed by atoms with Crippen molar-refractivity contribution in [3.63, 3.8) is 0 Å². The van der Waals surface area contributed by atoms with Crippen LogP contribution in [0.2, 0.25) is 0 Å². The molecular formula is C11H13N5O3S. The Morgan fingerprint density at radius 1 is 1.60 bits per heavy atom. The summed E-state index contributed by atoms with van der Waals surface area (Å²) >= 11 is 1.17. The van der Waals surface area contributed by atoms with Crippen molar-refractivity contribution in [3.8, 4) is 12.3 Å². The Bertz CT molecular complexity index is 548. The van der Waals surface area contributed by atoms with Gasteiger partial charge in [-0.05, 0) is 23.3 Å². The molecule has 0 spiro atoms. The zero-order valence-electron chi connectivity index (χ0n) is 10.5. The van der Waals surface area contributed by atoms with E-state index in [2.05, 4.69) is 26.8 Å². The second-order valence-electron chi connectivity index (χ2n) is 4.29. The van der Waals surface area contributed by atoms with E-state index in [1.165, 1.54) is 11.8 Å². The van der Waals surface area contributed by atoms with Crippen molar-refractivity contribution in [2.24, 2.45) is 0 Å². The maximum Gasteiger partial charge on any atom is 0.327 e. The number of rotatable bonds is 7. The number of tetrazole rings is 1. The van der Waals surface area contributed by atoms with Crippen molar-refractivity contribution in [2.45, 2.75) is 36.5 Å². The SMILES string of the molecule is C#CCC(NC(=O)CSc1nnnn1C1CC1)C(=O)O. The molecule has 1 aliphatic rings. The molecule has 1 aromatic rings. The molecule has 1 unspecified atom stereocenters. The van der Waals surface area contributed by atoms with Crippen molar-refractivity contribution in [1.82, 2.24) is 25.5 Å². The Balaban J connectivity index is 1.84. The van der Waals surface area contributed by atoms with Gasteiger partial charge in [0.1, 0.15) is 6.04 Å². The fourth-order valence-electron chi connectivity index (χ4n) is 1.51. The van der Waals surface area contributed by atoms with Crippen molar-refractivity contribution in [2.75, 3.05) is 5.75 Å². The summed E-state index contributed by atoms with van der Waals surface area (Å²) in [5, 5.41) is 23.1. The smallest absolute Gasteiger partial charge is 0.327 e. The van der Waals surface area contributed by atoms with Crippen molar-refractivity contribution in [3.05, 3.63) is 0 Å². The molecule has 1 aromatic heterocycles. The number of carbonyl (C=O) groups excluding carboxylic acids is 1. The van der Waals surface area contributed by atoms with Gasteiger partial charge in [-0.2, -0.15) is 0 Å². The predicted octanol–water partition coefficient (Wildman–Crippen LogP) is -0.307. The highest BCUT2D eigenvalue weighted by Gasteiger charge is 2.28. The molecule has 9 heteroatoms. The van der Waals surface area contributed by atoms with E-state index in [4.69, 9.17) is 11.5 Å². The maximum atomic E-state index is 11.7. The van der Waals surface area contributed by atoms with Crippen LogP contribution in [0.25, 0.3) is 0 Å². The van der Waals surface area contributed by atoms with Crippen LogP contribution in [0.15, 0.2) is 5.16 Å². The largest absolute Gasteiger partial charge is 0.480 e. The van der Waals surface area contributed by atoms with Crippen molar-refractivity contribution >= 4 is 23.6 Å². The molecule has 1 aliphatic carbocycles. The van der Waals surface area contributed by atoms with Gasteiger partial charge in [0, 0.05) is 6.42 Å². The molecule has 1 heterocycles. The number of terminal acetylenes is 1. The number of carboxylic acids is 1. The summed E-state index contributed by atoms with van der Waals surface area (Å²) in [6, 6.07) is -0.740. The highest BCUT2D eigenvalue weighted by molar-refractivity contribution is 7.99. The maximum absolute atomic E-state index is 11.7. The highest BCUT2D eigenvalue weighted by atomic mass is 32.2. The number of nitrogens with zero attached hydrogens (tertiary/aromatic N) is 4. The van der Waals surface area contributed by atoms with Gasteiger partial charge in [0.2, 0.25) is 11.1 Å². The molecule has 0 aromatic carbocycles. The number of hydrogen-bond acceptors (Lipinski definition) is 6. The Labute approximate surface area is 119 Å². The number of hydrogen-bond donors (Lipinski definition) is 2. The second-order valence-corrected chi connectivity index (χ2v) is 5.23. The molecule has 1 amide bonds. The molecule has 1 atom stereocenters. The zero-order chi connectivity index (χ0) is 14.5. The first-order valence-corrected chi connectivity index (χ1v) is 6.96. The molecule has 2 N–H and O–H groups in total. The summed E-state index contributed by atoms with van der Waals surface area (Å²) in [6.07, 6.45) is 7.08. The predicted molar refractivity (Wildman–Crippen MR) is 69.8 cm³/mol. The van der Waals surface area contributed by atoms with Crippen LogP contribution in [-0.4, -0.2) is 49.0 Å². The van der Waals surface area contributed by atoms with Crippen LogP contribution >= 0.6 is 11.8 Å². The first-order chi connectivity index (χ1) is 9.61. The lowest BCUT2D eigenvalue weighted by molar-refractivity contribution is -0.141. The third-order valence-corrected chi connectivity index (χ3v) is 3.58. The second kappa shape index (κ2) is 6.38. The molecular weight excluding hydrogens is 282 g/mol. The molecule has 0 aliphatic heterocycles. The van der Waals surface area contributed by atoms with Gasteiger partial charge in [0.25, 0.3) is 0 Å². The lowest BCUT2D eigenvalue weighted by atomic mass is 10.2. The third kappa shape index (κ3) is 3.71. The van der Waals surface area contributed by atoms with Gasteiger partial charge in [0.05, 0.1) is 11.8 Å². The first-order valence-electron chi connectivity index (χ1n) is 5.98. The number of carbonyl (C=O) groups is 2. The molecule has 1 saturated carbocycles. The van der Waals surface area contributed by atoms with Crippen LogP contribution < -0.4 is 5.32 Å². The van der Waals surface area contributed by atoms with Crippen LogP contribution in [0, 0.1) is 12.3 Å². The van der Waals surface area contributed by atoms with E-state index in [1.807, 2.05) is 0 Å². The minimum absolute atomic E-state index is 0.0431. The van der Waals surface area contributed by atoms with E-state index in [0.29, 0.717) is 11.2 Å². The number of aliphatic carboxylic acids is 1. The Morgan fingerprint density at radius 2 is 2.35 bits per heavy atom. The summed E-state index contributed by atoms with van der Waals surface area (Å²) in [5.74, 6) is 0.698. The number of aromatic nitrogens is 4. The summed E-state index contributed by atoms with van der Waals surface area (Å²) in [7, 11) is 0. The topological polar surface area (TPSA) is 110 Å². The first kappa shape index (κ1) is 14.3. The average molecular weight is 295 g/mol. The normalized spacial score (nSPS) is 15.3. The van der Waals surface area contributed by atoms with Gasteiger partial charge in [-0.25, -0.2) is 9.48 Å². The minimum atomic E-state index is -1.15. The molecule has 20 heavy (non-hydrogen) atoms. The van der Waals surface area contributed by atoms with Crippen LogP contribution in [-0.2, 0) is 9.59 Å². The lowest BCUT2D eigenvalue weighted by Gasteiger charge is -2.11. The number of nitrogens with one attached hydrogen (secondary N) is 1. The van der Waals surface area contributed by atoms with Gasteiger partial charge in [-0.1, -0.05) is 11.8 Å². The van der Waals surface area contributed by atoms with Crippen LogP contribution in [0.1, 0.15) is 25.3 Å². The number of carboxylic acid groups (broad SMARTS) is 1. The zero-order valence-corrected chi connectivity index (χ0v) is 11.3. The van der Waals surface area contributed by atoms with E-state index in [-0.39, 0.29) is 12.2 Å². The van der Waals surface area contributed by atoms with Crippen LogP contribution in [0.3, 0.4) is 0 Å². The molecule has 106 valence electrons. The van der Waals surface area contributed by atoms with Gasteiger partial charge in [-0.15, -0.1) is 17.4 Å². The molecule has 8 nitrogen and oxygen atoms in total. The number of amides is 1. The summed E-state index contributed by atoms with van der Waals surface area (Å²) in [4.78, 5) is 22.5. The molecule has 0 saturated heterocycles. The van der Waals surface area contributed by atoms with Gasteiger partial charge in [0.15, 0.2) is 0 Å². The van der Waals surface area contributed by atoms with Gasteiger partial charge >= 0.3 is 5.97 Å². The molecule has 0 radical (unpaired) electrons. The van der Waals surface area contributed by atoms with Crippen molar-refractivity contribution in [1.29, 1.82) is 0 Å². The quantitative estimate of drug-likeness (QED) is 0.524. The Hall–Kier alpha value is -2.08. The van der Waals surface area contributed by atoms with E-state index in [1.54, 1.807) is 4.68 Å². The van der Waals surface area contributed by atoms with E-state index >= 15 is 0 Å². The summed E-state index contributed by atoms with van der Waals surface area (Å²) in [5.41, 5.74) is 0. The number of thioether (sulfide) groups is 1. The fraction of sp³-hybridized carbons (Fsp3) is 0.545. The standard InChI is InChI=1S/C11H13N5O3S/c1-2-3-8(10(18)19)12-9(17)6-20-11-13-14-15-16(11)7-4-5-7/h1,7-8H,3-6H2,(H,12,17)(H,18,19). The lowest BCUT2D eigenvalue weighted by Crippen LogP contribution is -2.41. The minimum Gasteiger partial charge on any atom is -0.480 e. The fourth-order valence-corrected chi connectivity index (χ4v) is 2.27. The molecule has 1 fully saturated rings. The average Bonchev–Trinajstić information content (AvgIpc) is 3.14. The van der Waals surface area contributed by atoms with Gasteiger partial charge < -0.3 is 10.4 Å². The monoisotopic (exact) mass is 295 g/mol. The van der Waals surface area contributed by atoms with E-state index < -0.39 is 17.9 Å². The molecule has 2 rings (SSSR count). The van der Waals surface area contributed by atoms with Crippen molar-refractivity contribution < 1.29 is 14.7 Å². The van der Waals surface area contributed by atoms with E-state index in [0.717, 1.165) is 12.8 Å². The van der Waals surface area contributed by atoms with Gasteiger partial charge in [-0.3, -0.25) is 4.79 Å². The third-order valence-electron chi connectivity index (χ3n) is 2.64.